The fourth-order valence-electron chi connectivity index (χ4n) is 3.05. The molecule has 0 aliphatic carbocycles. The van der Waals surface area contributed by atoms with Gasteiger partial charge in [-0.05, 0) is 38.1 Å². The van der Waals surface area contributed by atoms with Crippen LogP contribution in [0.25, 0.3) is 0 Å². The van der Waals surface area contributed by atoms with Crippen LogP contribution in [0.5, 0.6) is 11.5 Å². The highest BCUT2D eigenvalue weighted by atomic mass is 16.6. The highest BCUT2D eigenvalue weighted by Gasteiger charge is 2.23. The Morgan fingerprint density at radius 2 is 1.88 bits per heavy atom. The zero-order valence-corrected chi connectivity index (χ0v) is 13.6. The molecule has 0 aromatic heterocycles. The molecule has 2 heterocycles. The van der Waals surface area contributed by atoms with Crippen molar-refractivity contribution >= 4 is 17.5 Å². The van der Waals surface area contributed by atoms with Crippen LogP contribution in [0.4, 0.5) is 5.69 Å². The molecule has 0 unspecified atom stereocenters. The normalized spacial score (nSPS) is 18.2. The third kappa shape index (κ3) is 4.17. The number of anilines is 1. The van der Waals surface area contributed by atoms with Crippen LogP contribution >= 0.6 is 0 Å². The average molecular weight is 333 g/mol. The van der Waals surface area contributed by atoms with Gasteiger partial charge in [0.25, 0.3) is 0 Å². The van der Waals surface area contributed by atoms with Gasteiger partial charge in [0.1, 0.15) is 13.2 Å². The topological polar surface area (TPSA) is 93.9 Å². The van der Waals surface area contributed by atoms with Crippen molar-refractivity contribution < 1.29 is 19.1 Å². The van der Waals surface area contributed by atoms with Crippen LogP contribution in [0.3, 0.4) is 0 Å². The first-order chi connectivity index (χ1) is 11.6. The zero-order valence-electron chi connectivity index (χ0n) is 13.6. The molecule has 7 heteroatoms. The van der Waals surface area contributed by atoms with Crippen molar-refractivity contribution in [2.45, 2.75) is 19.3 Å². The van der Waals surface area contributed by atoms with E-state index in [2.05, 4.69) is 10.2 Å². The lowest BCUT2D eigenvalue weighted by atomic mass is 9.96. The molecule has 130 valence electrons. The van der Waals surface area contributed by atoms with E-state index in [9.17, 15) is 9.59 Å². The number of amides is 2. The van der Waals surface area contributed by atoms with E-state index in [1.807, 2.05) is 6.07 Å². The fraction of sp³-hybridized carbons (Fsp3) is 0.529. The van der Waals surface area contributed by atoms with E-state index in [1.54, 1.807) is 12.1 Å². The molecule has 1 aromatic carbocycles. The molecule has 2 amide bonds. The number of piperidine rings is 1. The number of nitrogens with two attached hydrogens (primary N) is 1. The van der Waals surface area contributed by atoms with Crippen LogP contribution in [0.15, 0.2) is 18.2 Å². The maximum absolute atomic E-state index is 12.1. The number of hydrogen-bond acceptors (Lipinski definition) is 5. The summed E-state index contributed by atoms with van der Waals surface area (Å²) >= 11 is 0. The van der Waals surface area contributed by atoms with Gasteiger partial charge in [0, 0.05) is 30.6 Å². The molecule has 0 spiro atoms. The molecule has 2 aliphatic heterocycles. The second kappa shape index (κ2) is 7.53. The van der Waals surface area contributed by atoms with E-state index in [-0.39, 0.29) is 17.7 Å². The van der Waals surface area contributed by atoms with Crippen molar-refractivity contribution in [3.63, 3.8) is 0 Å². The summed E-state index contributed by atoms with van der Waals surface area (Å²) in [6.07, 6.45) is 1.97. The van der Waals surface area contributed by atoms with E-state index in [0.717, 1.165) is 25.9 Å². The van der Waals surface area contributed by atoms with E-state index in [4.69, 9.17) is 15.2 Å². The molecule has 1 fully saturated rings. The van der Waals surface area contributed by atoms with Gasteiger partial charge in [0.05, 0.1) is 0 Å². The lowest BCUT2D eigenvalue weighted by Gasteiger charge is -2.30. The summed E-state index contributed by atoms with van der Waals surface area (Å²) < 4.78 is 11.0. The van der Waals surface area contributed by atoms with Gasteiger partial charge in [-0.25, -0.2) is 0 Å². The van der Waals surface area contributed by atoms with Gasteiger partial charge >= 0.3 is 0 Å². The van der Waals surface area contributed by atoms with E-state index >= 15 is 0 Å². The van der Waals surface area contributed by atoms with Gasteiger partial charge in [-0.15, -0.1) is 0 Å². The maximum Gasteiger partial charge on any atom is 0.225 e. The standard InChI is InChI=1S/C17H23N3O4/c18-17(22)12-3-6-20(7-4-12)8-5-16(21)19-13-1-2-14-15(11-13)24-10-9-23-14/h1-2,11-12H,3-10H2,(H2,18,22)(H,19,21). The summed E-state index contributed by atoms with van der Waals surface area (Å²) in [4.78, 5) is 25.5. The first-order valence-electron chi connectivity index (χ1n) is 8.33. The van der Waals surface area contributed by atoms with Crippen molar-refractivity contribution in [2.24, 2.45) is 11.7 Å². The van der Waals surface area contributed by atoms with Crippen molar-refractivity contribution in [3.8, 4) is 11.5 Å². The Labute approximate surface area is 141 Å². The van der Waals surface area contributed by atoms with Gasteiger partial charge in [-0.1, -0.05) is 0 Å². The Hall–Kier alpha value is -2.28. The molecule has 0 atom stereocenters. The molecule has 3 rings (SSSR count). The molecule has 3 N–H and O–H groups in total. The minimum atomic E-state index is -0.217. The molecule has 1 saturated heterocycles. The minimum absolute atomic E-state index is 0.0206. The number of carbonyl (C=O) groups excluding carboxylic acids is 2. The van der Waals surface area contributed by atoms with Gasteiger partial charge in [0.15, 0.2) is 11.5 Å². The Morgan fingerprint density at radius 3 is 2.58 bits per heavy atom. The molecular weight excluding hydrogens is 310 g/mol. The van der Waals surface area contributed by atoms with Crippen LogP contribution in [0, 0.1) is 5.92 Å². The van der Waals surface area contributed by atoms with E-state index in [0.29, 0.717) is 43.4 Å². The lowest BCUT2D eigenvalue weighted by Crippen LogP contribution is -2.39. The summed E-state index contributed by atoms with van der Waals surface area (Å²) in [6, 6.07) is 5.40. The number of ether oxygens (including phenoxy) is 2. The predicted molar refractivity (Wildman–Crippen MR) is 89.0 cm³/mol. The Bertz CT molecular complexity index is 612. The van der Waals surface area contributed by atoms with Crippen LogP contribution in [-0.2, 0) is 9.59 Å². The lowest BCUT2D eigenvalue weighted by molar-refractivity contribution is -0.123. The second-order valence-corrected chi connectivity index (χ2v) is 6.17. The van der Waals surface area contributed by atoms with Crippen molar-refractivity contribution in [3.05, 3.63) is 18.2 Å². The molecule has 1 aromatic rings. The number of benzene rings is 1. The fourth-order valence-corrected chi connectivity index (χ4v) is 3.05. The number of rotatable bonds is 5. The average Bonchev–Trinajstić information content (AvgIpc) is 2.60. The monoisotopic (exact) mass is 333 g/mol. The SMILES string of the molecule is NC(=O)C1CCN(CCC(=O)Nc2ccc3c(c2)OCCO3)CC1. The summed E-state index contributed by atoms with van der Waals surface area (Å²) in [5, 5.41) is 2.88. The number of nitrogens with zero attached hydrogens (tertiary/aromatic N) is 1. The molecule has 7 nitrogen and oxygen atoms in total. The maximum atomic E-state index is 12.1. The van der Waals surface area contributed by atoms with Crippen LogP contribution in [0.2, 0.25) is 0 Å². The number of primary amides is 1. The van der Waals surface area contributed by atoms with Gasteiger partial charge in [0.2, 0.25) is 11.8 Å². The molecule has 0 saturated carbocycles. The van der Waals surface area contributed by atoms with Crippen molar-refractivity contribution in [2.75, 3.05) is 38.2 Å². The second-order valence-electron chi connectivity index (χ2n) is 6.17. The smallest absolute Gasteiger partial charge is 0.225 e. The Morgan fingerprint density at radius 1 is 1.17 bits per heavy atom. The van der Waals surface area contributed by atoms with Crippen molar-refractivity contribution in [1.82, 2.24) is 4.90 Å². The number of likely N-dealkylation sites (tertiary alicyclic amines) is 1. The molecule has 24 heavy (non-hydrogen) atoms. The first-order valence-corrected chi connectivity index (χ1v) is 8.33. The third-order valence-electron chi connectivity index (χ3n) is 4.47. The number of nitrogens with one attached hydrogen (secondary N) is 1. The largest absolute Gasteiger partial charge is 0.486 e. The third-order valence-corrected chi connectivity index (χ3v) is 4.47. The molecular formula is C17H23N3O4. The van der Waals surface area contributed by atoms with Crippen molar-refractivity contribution in [1.29, 1.82) is 0 Å². The number of fused-ring (bicyclic) bond motifs is 1. The predicted octanol–water partition coefficient (Wildman–Crippen LogP) is 0.984. The minimum Gasteiger partial charge on any atom is -0.486 e. The summed E-state index contributed by atoms with van der Waals surface area (Å²) in [6.45, 7) is 3.37. The molecule has 2 aliphatic rings. The van der Waals surface area contributed by atoms with Gasteiger partial charge in [-0.3, -0.25) is 9.59 Å². The van der Waals surface area contributed by atoms with E-state index in [1.165, 1.54) is 0 Å². The van der Waals surface area contributed by atoms with E-state index < -0.39 is 0 Å². The highest BCUT2D eigenvalue weighted by Crippen LogP contribution is 2.32. The van der Waals surface area contributed by atoms with Crippen LogP contribution < -0.4 is 20.5 Å². The van der Waals surface area contributed by atoms with Gasteiger partial charge < -0.3 is 25.4 Å². The highest BCUT2D eigenvalue weighted by molar-refractivity contribution is 5.91. The Kier molecular flexibility index (Phi) is 5.20. The van der Waals surface area contributed by atoms with Crippen LogP contribution in [0.1, 0.15) is 19.3 Å². The quantitative estimate of drug-likeness (QED) is 0.838. The number of hydrogen-bond donors (Lipinski definition) is 2. The van der Waals surface area contributed by atoms with Gasteiger partial charge in [-0.2, -0.15) is 0 Å². The summed E-state index contributed by atoms with van der Waals surface area (Å²) in [7, 11) is 0. The first kappa shape index (κ1) is 16.6. The molecule has 0 radical (unpaired) electrons. The van der Waals surface area contributed by atoms with Crippen LogP contribution in [-0.4, -0.2) is 49.6 Å². The summed E-state index contributed by atoms with van der Waals surface area (Å²) in [5.74, 6) is 1.09. The molecule has 0 bridgehead atoms. The Balaban J connectivity index is 1.44. The zero-order chi connectivity index (χ0) is 16.9. The number of carbonyl (C=O) groups is 2. The summed E-state index contributed by atoms with van der Waals surface area (Å²) in [5.41, 5.74) is 6.03.